The van der Waals surface area contributed by atoms with Crippen LogP contribution in [0.1, 0.15) is 61.8 Å². The number of hydrogen-bond donors (Lipinski definition) is 1. The summed E-state index contributed by atoms with van der Waals surface area (Å²) in [6, 6.07) is -0.410. The number of carbonyl (C=O) groups excluding carboxylic acids is 1. The molecule has 2 aliphatic rings. The van der Waals surface area contributed by atoms with E-state index in [0.717, 1.165) is 17.8 Å². The quantitative estimate of drug-likeness (QED) is 0.751. The van der Waals surface area contributed by atoms with Crippen LogP contribution in [0.3, 0.4) is 0 Å². The van der Waals surface area contributed by atoms with Crippen molar-refractivity contribution in [2.24, 2.45) is 5.18 Å². The lowest BCUT2D eigenvalue weighted by Crippen LogP contribution is -2.40. The Morgan fingerprint density at radius 2 is 1.62 bits per heavy atom. The highest BCUT2D eigenvalue weighted by atomic mass is 16.3. The molecule has 5 heteroatoms. The van der Waals surface area contributed by atoms with Crippen molar-refractivity contribution >= 4 is 5.91 Å². The van der Waals surface area contributed by atoms with Gasteiger partial charge in [0.25, 0.3) is 0 Å². The summed E-state index contributed by atoms with van der Waals surface area (Å²) in [5, 5.41) is 5.90. The van der Waals surface area contributed by atoms with E-state index in [2.05, 4.69) is 10.5 Å². The highest BCUT2D eigenvalue weighted by Gasteiger charge is 2.39. The predicted molar refractivity (Wildman–Crippen MR) is 90.1 cm³/mol. The molecule has 0 aromatic heterocycles. The van der Waals surface area contributed by atoms with Gasteiger partial charge >= 0.3 is 0 Å². The first-order valence-electron chi connectivity index (χ1n) is 8.15. The van der Waals surface area contributed by atoms with E-state index in [1.54, 1.807) is 0 Å². The molecule has 2 heterocycles. The van der Waals surface area contributed by atoms with Gasteiger partial charge in [-0.1, -0.05) is 46.7 Å². The van der Waals surface area contributed by atoms with Gasteiger partial charge < -0.3 is 5.32 Å². The molecule has 1 saturated heterocycles. The standard InChI is InChI=1S/C10H15N3O2.3C2H6/c1-6-4-13-5-8(12-15)3-9(13)10(14)11-7(6)2;3*1-2/h8-9H,3-5H2,1-2H3,(H,11,14);3*1-2H3. The van der Waals surface area contributed by atoms with Crippen molar-refractivity contribution in [3.63, 3.8) is 0 Å². The van der Waals surface area contributed by atoms with E-state index in [-0.39, 0.29) is 18.0 Å². The first-order valence-corrected chi connectivity index (χ1v) is 8.15. The highest BCUT2D eigenvalue weighted by molar-refractivity contribution is 5.84. The molecule has 21 heavy (non-hydrogen) atoms. The van der Waals surface area contributed by atoms with Gasteiger partial charge in [0, 0.05) is 18.8 Å². The van der Waals surface area contributed by atoms with Gasteiger partial charge in [0.15, 0.2) is 0 Å². The smallest absolute Gasteiger partial charge is 0.241 e. The van der Waals surface area contributed by atoms with Crippen LogP contribution in [0.2, 0.25) is 0 Å². The fraction of sp³-hybridized carbons (Fsp3) is 0.812. The maximum atomic E-state index is 11.8. The third-order valence-corrected chi connectivity index (χ3v) is 3.22. The van der Waals surface area contributed by atoms with Gasteiger partial charge in [-0.25, -0.2) is 0 Å². The topological polar surface area (TPSA) is 61.8 Å². The molecule has 124 valence electrons. The number of carbonyl (C=O) groups is 1. The number of amides is 1. The monoisotopic (exact) mass is 299 g/mol. The third kappa shape index (κ3) is 6.38. The third-order valence-electron chi connectivity index (χ3n) is 3.22. The van der Waals surface area contributed by atoms with Crippen LogP contribution >= 0.6 is 0 Å². The molecule has 0 aliphatic carbocycles. The average Bonchev–Trinajstić information content (AvgIpc) is 2.92. The first kappa shape index (κ1) is 22.1. The van der Waals surface area contributed by atoms with Crippen LogP contribution in [0.5, 0.6) is 0 Å². The Kier molecular flexibility index (Phi) is 13.1. The molecule has 0 aromatic rings. The van der Waals surface area contributed by atoms with E-state index in [0.29, 0.717) is 13.0 Å². The lowest BCUT2D eigenvalue weighted by atomic mass is 10.1. The van der Waals surface area contributed by atoms with Crippen molar-refractivity contribution in [2.45, 2.75) is 73.9 Å². The molecular formula is C16H33N3O2. The zero-order valence-corrected chi connectivity index (χ0v) is 15.0. The molecule has 1 amide bonds. The lowest BCUT2D eigenvalue weighted by Gasteiger charge is -2.19. The molecule has 0 spiro atoms. The van der Waals surface area contributed by atoms with E-state index in [4.69, 9.17) is 0 Å². The van der Waals surface area contributed by atoms with Gasteiger partial charge in [-0.2, -0.15) is 4.91 Å². The Labute approximate surface area is 130 Å². The van der Waals surface area contributed by atoms with Crippen molar-refractivity contribution in [1.29, 1.82) is 0 Å². The molecule has 2 atom stereocenters. The van der Waals surface area contributed by atoms with E-state index >= 15 is 0 Å². The number of allylic oxidation sites excluding steroid dienone is 1. The zero-order valence-electron chi connectivity index (χ0n) is 15.0. The van der Waals surface area contributed by atoms with Crippen molar-refractivity contribution in [3.05, 3.63) is 16.2 Å². The molecular weight excluding hydrogens is 266 g/mol. The predicted octanol–water partition coefficient (Wildman–Crippen LogP) is 3.70. The summed E-state index contributed by atoms with van der Waals surface area (Å²) in [6.07, 6.45) is 0.551. The summed E-state index contributed by atoms with van der Waals surface area (Å²) in [7, 11) is 0. The molecule has 0 radical (unpaired) electrons. The minimum atomic E-state index is -0.230. The maximum Gasteiger partial charge on any atom is 0.241 e. The summed E-state index contributed by atoms with van der Waals surface area (Å²) >= 11 is 0. The summed E-state index contributed by atoms with van der Waals surface area (Å²) in [4.78, 5) is 24.3. The van der Waals surface area contributed by atoms with E-state index in [1.165, 1.54) is 0 Å². The average molecular weight is 299 g/mol. The number of rotatable bonds is 1. The van der Waals surface area contributed by atoms with Gasteiger partial charge in [0.2, 0.25) is 5.91 Å². The largest absolute Gasteiger partial charge is 0.329 e. The number of nitroso groups, excluding NO2 is 1. The van der Waals surface area contributed by atoms with Crippen LogP contribution < -0.4 is 5.32 Å². The SMILES string of the molecule is CC.CC.CC.CC1=C(C)NC(=O)C2CC(N=O)CN2C1. The Morgan fingerprint density at radius 3 is 2.10 bits per heavy atom. The van der Waals surface area contributed by atoms with Crippen molar-refractivity contribution in [3.8, 4) is 0 Å². The molecule has 0 bridgehead atoms. The van der Waals surface area contributed by atoms with Crippen molar-refractivity contribution in [1.82, 2.24) is 10.2 Å². The Morgan fingerprint density at radius 1 is 1.10 bits per heavy atom. The van der Waals surface area contributed by atoms with Crippen LogP contribution in [-0.2, 0) is 4.79 Å². The summed E-state index contributed by atoms with van der Waals surface area (Å²) in [5.74, 6) is -0.00417. The second kappa shape index (κ2) is 12.5. The Balaban J connectivity index is 0. The number of nitrogens with zero attached hydrogens (tertiary/aromatic N) is 2. The van der Waals surface area contributed by atoms with Crippen LogP contribution in [0.4, 0.5) is 0 Å². The van der Waals surface area contributed by atoms with Gasteiger partial charge in [0.1, 0.15) is 6.04 Å². The molecule has 1 fully saturated rings. The summed E-state index contributed by atoms with van der Waals surface area (Å²) in [5.41, 5.74) is 2.09. The normalized spacial score (nSPS) is 23.9. The van der Waals surface area contributed by atoms with Crippen LogP contribution in [0.25, 0.3) is 0 Å². The van der Waals surface area contributed by atoms with E-state index in [9.17, 15) is 9.70 Å². The molecule has 1 N–H and O–H groups in total. The fourth-order valence-corrected chi connectivity index (χ4v) is 2.20. The van der Waals surface area contributed by atoms with Gasteiger partial charge in [-0.05, 0) is 25.8 Å². The minimum Gasteiger partial charge on any atom is -0.329 e. The summed E-state index contributed by atoms with van der Waals surface area (Å²) < 4.78 is 0. The Bertz CT molecular complexity index is 340. The molecule has 0 aromatic carbocycles. The van der Waals surface area contributed by atoms with Gasteiger partial charge in [-0.3, -0.25) is 9.69 Å². The van der Waals surface area contributed by atoms with Gasteiger partial charge in [0.05, 0.1) is 6.04 Å². The fourth-order valence-electron chi connectivity index (χ4n) is 2.20. The second-order valence-electron chi connectivity index (χ2n) is 4.33. The highest BCUT2D eigenvalue weighted by Crippen LogP contribution is 2.24. The number of hydrogen-bond acceptors (Lipinski definition) is 4. The van der Waals surface area contributed by atoms with Crippen molar-refractivity contribution < 1.29 is 4.79 Å². The van der Waals surface area contributed by atoms with E-state index < -0.39 is 0 Å². The molecule has 5 nitrogen and oxygen atoms in total. The van der Waals surface area contributed by atoms with Gasteiger partial charge in [-0.15, -0.1) is 0 Å². The maximum absolute atomic E-state index is 11.8. The van der Waals surface area contributed by atoms with Crippen LogP contribution in [-0.4, -0.2) is 36.0 Å². The van der Waals surface area contributed by atoms with Crippen LogP contribution in [0.15, 0.2) is 16.4 Å². The number of fused-ring (bicyclic) bond motifs is 1. The minimum absolute atomic E-state index is 0.00417. The molecule has 2 unspecified atom stereocenters. The first-order chi connectivity index (χ1) is 10.1. The lowest BCUT2D eigenvalue weighted by molar-refractivity contribution is -0.124. The second-order valence-corrected chi connectivity index (χ2v) is 4.33. The Hall–Kier alpha value is -1.23. The molecule has 2 aliphatic heterocycles. The zero-order chi connectivity index (χ0) is 17.0. The molecule has 0 saturated carbocycles. The van der Waals surface area contributed by atoms with Crippen molar-refractivity contribution in [2.75, 3.05) is 13.1 Å². The van der Waals surface area contributed by atoms with Crippen LogP contribution in [0, 0.1) is 4.91 Å². The summed E-state index contributed by atoms with van der Waals surface area (Å²) in [6.45, 7) is 17.3. The number of nitrogens with one attached hydrogen (secondary N) is 1. The molecule has 2 rings (SSSR count). The van der Waals surface area contributed by atoms with E-state index in [1.807, 2.05) is 60.3 Å².